The van der Waals surface area contributed by atoms with Crippen LogP contribution in [0.3, 0.4) is 0 Å². The Balaban J connectivity index is 3.29. The normalized spacial score (nSPS) is 13.2. The molecular formula is C14H19BrO4. The number of ether oxygens (including phenoxy) is 1. The van der Waals surface area contributed by atoms with Gasteiger partial charge in [0.1, 0.15) is 5.75 Å². The van der Waals surface area contributed by atoms with Crippen LogP contribution in [-0.4, -0.2) is 22.8 Å². The van der Waals surface area contributed by atoms with Gasteiger partial charge in [0.15, 0.2) is 6.10 Å². The molecule has 0 radical (unpaired) electrons. The van der Waals surface area contributed by atoms with E-state index in [4.69, 9.17) is 4.74 Å². The van der Waals surface area contributed by atoms with Crippen molar-refractivity contribution in [3.63, 3.8) is 0 Å². The first-order valence-electron chi connectivity index (χ1n) is 6.06. The van der Waals surface area contributed by atoms with Crippen molar-refractivity contribution in [1.82, 2.24) is 0 Å². The van der Waals surface area contributed by atoms with E-state index in [1.807, 2.05) is 20.8 Å². The summed E-state index contributed by atoms with van der Waals surface area (Å²) in [5.41, 5.74) is 0.495. The van der Waals surface area contributed by atoms with Crippen LogP contribution in [0.4, 0.5) is 0 Å². The molecule has 0 aliphatic heterocycles. The number of aliphatic hydroxyl groups is 1. The number of carbonyl (C=O) groups excluding carboxylic acids is 1. The summed E-state index contributed by atoms with van der Waals surface area (Å²) < 4.78 is 5.45. The lowest BCUT2D eigenvalue weighted by Crippen LogP contribution is -2.18. The smallest absolute Gasteiger partial charge is 0.339 e. The molecule has 0 fully saturated rings. The molecular weight excluding hydrogens is 312 g/mol. The second-order valence-corrected chi connectivity index (χ2v) is 6.21. The maximum absolute atomic E-state index is 11.6. The third kappa shape index (κ3) is 3.70. The minimum atomic E-state index is -1.49. The summed E-state index contributed by atoms with van der Waals surface area (Å²) in [5, 5.41) is 20.2. The van der Waals surface area contributed by atoms with Gasteiger partial charge >= 0.3 is 5.97 Å². The Morgan fingerprint density at radius 3 is 2.47 bits per heavy atom. The third-order valence-corrected chi connectivity index (χ3v) is 3.17. The van der Waals surface area contributed by atoms with Crippen LogP contribution in [0.5, 0.6) is 5.75 Å². The number of halogens is 1. The summed E-state index contributed by atoms with van der Waals surface area (Å²) in [6, 6.07) is 3.29. The highest BCUT2D eigenvalue weighted by Crippen LogP contribution is 2.38. The van der Waals surface area contributed by atoms with Crippen molar-refractivity contribution in [2.24, 2.45) is 0 Å². The Kier molecular flexibility index (Phi) is 4.98. The number of phenols is 1. The van der Waals surface area contributed by atoms with E-state index in [0.29, 0.717) is 10.0 Å². The Morgan fingerprint density at radius 1 is 1.42 bits per heavy atom. The van der Waals surface area contributed by atoms with Gasteiger partial charge in [0, 0.05) is 15.6 Å². The van der Waals surface area contributed by atoms with Crippen molar-refractivity contribution in [3.8, 4) is 5.75 Å². The van der Waals surface area contributed by atoms with Crippen molar-refractivity contribution in [3.05, 3.63) is 27.7 Å². The van der Waals surface area contributed by atoms with Crippen molar-refractivity contribution in [2.75, 3.05) is 6.61 Å². The summed E-state index contributed by atoms with van der Waals surface area (Å²) in [6.45, 7) is 7.65. The topological polar surface area (TPSA) is 66.8 Å². The molecule has 2 N–H and O–H groups in total. The predicted molar refractivity (Wildman–Crippen MR) is 76.1 cm³/mol. The van der Waals surface area contributed by atoms with E-state index in [9.17, 15) is 15.0 Å². The van der Waals surface area contributed by atoms with Crippen LogP contribution in [0.25, 0.3) is 0 Å². The fourth-order valence-electron chi connectivity index (χ4n) is 1.75. The fraction of sp³-hybridized carbons (Fsp3) is 0.500. The van der Waals surface area contributed by atoms with E-state index < -0.39 is 12.1 Å². The first-order valence-corrected chi connectivity index (χ1v) is 6.85. The Bertz CT molecular complexity index is 477. The number of hydrogen-bond donors (Lipinski definition) is 2. The number of aromatic hydroxyl groups is 1. The molecule has 1 unspecified atom stereocenters. The number of esters is 1. The van der Waals surface area contributed by atoms with Gasteiger partial charge in [0.05, 0.1) is 6.61 Å². The van der Waals surface area contributed by atoms with Crippen LogP contribution < -0.4 is 0 Å². The van der Waals surface area contributed by atoms with Gasteiger partial charge < -0.3 is 14.9 Å². The molecule has 0 aliphatic carbocycles. The molecule has 4 nitrogen and oxygen atoms in total. The lowest BCUT2D eigenvalue weighted by atomic mass is 9.84. The van der Waals surface area contributed by atoms with Gasteiger partial charge in [-0.05, 0) is 24.5 Å². The lowest BCUT2D eigenvalue weighted by Gasteiger charge is -2.23. The largest absolute Gasteiger partial charge is 0.507 e. The zero-order valence-electron chi connectivity index (χ0n) is 11.5. The molecule has 1 aromatic carbocycles. The van der Waals surface area contributed by atoms with Crippen LogP contribution in [0.15, 0.2) is 16.6 Å². The molecule has 0 aliphatic rings. The number of aliphatic hydroxyl groups excluding tert-OH is 1. The van der Waals surface area contributed by atoms with Crippen molar-refractivity contribution < 1.29 is 19.7 Å². The molecule has 0 aromatic heterocycles. The average Bonchev–Trinajstić information content (AvgIpc) is 2.29. The number of benzene rings is 1. The summed E-state index contributed by atoms with van der Waals surface area (Å²) in [6.07, 6.45) is -1.49. The maximum atomic E-state index is 11.6. The van der Waals surface area contributed by atoms with E-state index in [1.165, 1.54) is 6.07 Å². The zero-order chi connectivity index (χ0) is 14.8. The molecule has 1 rings (SSSR count). The number of carbonyl (C=O) groups is 1. The number of rotatable bonds is 3. The van der Waals surface area contributed by atoms with E-state index in [1.54, 1.807) is 13.0 Å². The second kappa shape index (κ2) is 5.92. The minimum Gasteiger partial charge on any atom is -0.507 e. The maximum Gasteiger partial charge on any atom is 0.339 e. The summed E-state index contributed by atoms with van der Waals surface area (Å²) in [4.78, 5) is 11.6. The van der Waals surface area contributed by atoms with E-state index in [0.717, 1.165) is 0 Å². The van der Waals surface area contributed by atoms with Crippen LogP contribution >= 0.6 is 15.9 Å². The zero-order valence-corrected chi connectivity index (χ0v) is 13.1. The highest BCUT2D eigenvalue weighted by Gasteiger charge is 2.27. The Morgan fingerprint density at radius 2 is 2.00 bits per heavy atom. The van der Waals surface area contributed by atoms with Crippen LogP contribution in [-0.2, 0) is 14.9 Å². The number of hydrogen-bond acceptors (Lipinski definition) is 4. The molecule has 19 heavy (non-hydrogen) atoms. The SMILES string of the molecule is CCOC(=O)C(O)c1cc(Br)cc(C(C)(C)C)c1O. The van der Waals surface area contributed by atoms with Crippen LogP contribution in [0.1, 0.15) is 44.9 Å². The van der Waals surface area contributed by atoms with E-state index in [-0.39, 0.29) is 23.3 Å². The third-order valence-electron chi connectivity index (χ3n) is 2.72. The average molecular weight is 331 g/mol. The second-order valence-electron chi connectivity index (χ2n) is 5.30. The Labute approximate surface area is 121 Å². The summed E-state index contributed by atoms with van der Waals surface area (Å²) >= 11 is 3.32. The predicted octanol–water partition coefficient (Wildman–Crippen LogP) is 3.05. The van der Waals surface area contributed by atoms with Gasteiger partial charge in [0.25, 0.3) is 0 Å². The van der Waals surface area contributed by atoms with Gasteiger partial charge in [0.2, 0.25) is 0 Å². The minimum absolute atomic E-state index is 0.0729. The standard InChI is InChI=1S/C14H19BrO4/c1-5-19-13(18)12(17)9-6-8(15)7-10(11(9)16)14(2,3)4/h6-7,12,16-17H,5H2,1-4H3. The molecule has 0 saturated heterocycles. The summed E-state index contributed by atoms with van der Waals surface area (Å²) in [7, 11) is 0. The highest BCUT2D eigenvalue weighted by atomic mass is 79.9. The van der Waals surface area contributed by atoms with Crippen LogP contribution in [0.2, 0.25) is 0 Å². The molecule has 106 valence electrons. The van der Waals surface area contributed by atoms with Crippen molar-refractivity contribution >= 4 is 21.9 Å². The number of phenolic OH excluding ortho intramolecular Hbond substituents is 1. The van der Waals surface area contributed by atoms with Gasteiger partial charge in [-0.3, -0.25) is 0 Å². The van der Waals surface area contributed by atoms with Crippen molar-refractivity contribution in [1.29, 1.82) is 0 Å². The first kappa shape index (κ1) is 16.0. The van der Waals surface area contributed by atoms with Crippen molar-refractivity contribution in [2.45, 2.75) is 39.2 Å². The molecule has 0 spiro atoms. The van der Waals surface area contributed by atoms with Gasteiger partial charge in [-0.15, -0.1) is 0 Å². The first-order chi connectivity index (χ1) is 8.68. The Hall–Kier alpha value is -1.07. The van der Waals surface area contributed by atoms with E-state index >= 15 is 0 Å². The lowest BCUT2D eigenvalue weighted by molar-refractivity contribution is -0.153. The molecule has 0 heterocycles. The fourth-order valence-corrected chi connectivity index (χ4v) is 2.22. The highest BCUT2D eigenvalue weighted by molar-refractivity contribution is 9.10. The molecule has 5 heteroatoms. The quantitative estimate of drug-likeness (QED) is 0.836. The van der Waals surface area contributed by atoms with Gasteiger partial charge in [-0.2, -0.15) is 0 Å². The van der Waals surface area contributed by atoms with Gasteiger partial charge in [-0.25, -0.2) is 4.79 Å². The van der Waals surface area contributed by atoms with Gasteiger partial charge in [-0.1, -0.05) is 36.7 Å². The molecule has 0 bridgehead atoms. The molecule has 1 aromatic rings. The molecule has 1 atom stereocenters. The van der Waals surface area contributed by atoms with Crippen LogP contribution in [0, 0.1) is 0 Å². The summed E-state index contributed by atoms with van der Waals surface area (Å²) in [5.74, 6) is -0.841. The monoisotopic (exact) mass is 330 g/mol. The molecule has 0 saturated carbocycles. The molecule has 0 amide bonds. The van der Waals surface area contributed by atoms with E-state index in [2.05, 4.69) is 15.9 Å².